The number of aromatic nitrogens is 3. The molecule has 1 aliphatic rings. The summed E-state index contributed by atoms with van der Waals surface area (Å²) >= 11 is 0. The molecule has 0 unspecified atom stereocenters. The average Bonchev–Trinajstić information content (AvgIpc) is 3.76. The number of benzene rings is 4. The zero-order valence-electron chi connectivity index (χ0n) is 38.4. The fourth-order valence-electron chi connectivity index (χ4n) is 10.0. The van der Waals surface area contributed by atoms with Crippen LogP contribution in [0.4, 0.5) is 0 Å². The van der Waals surface area contributed by atoms with Crippen molar-refractivity contribution in [1.82, 2.24) is 14.8 Å². The maximum absolute atomic E-state index is 5.22. The van der Waals surface area contributed by atoms with Gasteiger partial charge in [-0.3, -0.25) is 0 Å². The molecule has 3 nitrogen and oxygen atoms in total. The van der Waals surface area contributed by atoms with E-state index in [2.05, 4.69) is 139 Å². The van der Waals surface area contributed by atoms with Crippen LogP contribution in [0.25, 0.3) is 39.3 Å². The highest BCUT2D eigenvalue weighted by Gasteiger charge is 2.42. The number of aryl methyl sites for hydroxylation is 2. The molecule has 0 bridgehead atoms. The summed E-state index contributed by atoms with van der Waals surface area (Å²) in [6, 6.07) is 31.0. The number of hydrogen-bond acceptors (Lipinski definition) is 2. The van der Waals surface area contributed by atoms with Crippen molar-refractivity contribution in [2.75, 3.05) is 0 Å². The van der Waals surface area contributed by atoms with Crippen LogP contribution in [0.1, 0.15) is 210 Å². The Morgan fingerprint density at radius 2 is 1.05 bits per heavy atom. The largest absolute Gasteiger partial charge is 0.212 e. The van der Waals surface area contributed by atoms with Crippen LogP contribution in [-0.2, 0) is 11.8 Å². The van der Waals surface area contributed by atoms with E-state index in [1.165, 1.54) is 166 Å². The first-order valence-electron chi connectivity index (χ1n) is 24.2. The number of hydrogen-bond donors (Lipinski definition) is 0. The highest BCUT2D eigenvalue weighted by molar-refractivity contribution is 5.84. The lowest BCUT2D eigenvalue weighted by molar-refractivity contribution is 0.398. The predicted molar refractivity (Wildman–Crippen MR) is 255 cm³/mol. The van der Waals surface area contributed by atoms with Crippen LogP contribution in [0.15, 0.2) is 78.9 Å². The van der Waals surface area contributed by atoms with Crippen molar-refractivity contribution in [3.05, 3.63) is 113 Å². The van der Waals surface area contributed by atoms with Gasteiger partial charge in [-0.2, -0.15) is 5.10 Å². The molecule has 1 aliphatic carbocycles. The van der Waals surface area contributed by atoms with Crippen molar-refractivity contribution in [3.63, 3.8) is 0 Å². The molecule has 6 rings (SSSR count). The molecular formula is C56H77N3. The smallest absolute Gasteiger partial charge is 0.163 e. The van der Waals surface area contributed by atoms with E-state index in [1.807, 2.05) is 0 Å². The SMILES string of the molecule is CCCCCCCCC1(CCCCCCCC)c2ccccc2-c2cc(-c3nc(C)nn3-c3c(C(C)C)cc(-c4ccc(CCCCCC)cc4)cc3C(C)C)ccc21. The molecule has 3 heteroatoms. The molecule has 0 atom stereocenters. The molecular weight excluding hydrogens is 715 g/mol. The maximum atomic E-state index is 5.22. The average molecular weight is 792 g/mol. The Morgan fingerprint density at radius 1 is 0.525 bits per heavy atom. The van der Waals surface area contributed by atoms with Crippen LogP contribution in [0.5, 0.6) is 0 Å². The molecule has 5 aromatic rings. The Morgan fingerprint density at radius 3 is 1.64 bits per heavy atom. The van der Waals surface area contributed by atoms with Gasteiger partial charge in [0.25, 0.3) is 0 Å². The summed E-state index contributed by atoms with van der Waals surface area (Å²) in [6.07, 6.45) is 24.8. The van der Waals surface area contributed by atoms with Crippen LogP contribution in [-0.4, -0.2) is 14.8 Å². The zero-order valence-corrected chi connectivity index (χ0v) is 38.4. The van der Waals surface area contributed by atoms with Gasteiger partial charge in [-0.1, -0.05) is 205 Å². The third-order valence-corrected chi connectivity index (χ3v) is 13.4. The lowest BCUT2D eigenvalue weighted by atomic mass is 9.70. The Hall–Kier alpha value is -3.98. The second kappa shape index (κ2) is 21.5. The van der Waals surface area contributed by atoms with E-state index in [0.717, 1.165) is 23.6 Å². The monoisotopic (exact) mass is 792 g/mol. The summed E-state index contributed by atoms with van der Waals surface area (Å²) in [5.41, 5.74) is 15.0. The Kier molecular flexibility index (Phi) is 16.3. The first kappa shape index (κ1) is 44.6. The van der Waals surface area contributed by atoms with Crippen LogP contribution in [0, 0.1) is 6.92 Å². The summed E-state index contributed by atoms with van der Waals surface area (Å²) in [4.78, 5) is 5.22. The van der Waals surface area contributed by atoms with Gasteiger partial charge in [0.2, 0.25) is 0 Å². The maximum Gasteiger partial charge on any atom is 0.163 e. The summed E-state index contributed by atoms with van der Waals surface area (Å²) in [6.45, 7) is 18.3. The lowest BCUT2D eigenvalue weighted by Gasteiger charge is -2.33. The first-order chi connectivity index (χ1) is 28.7. The van der Waals surface area contributed by atoms with E-state index in [0.29, 0.717) is 11.8 Å². The molecule has 0 spiro atoms. The highest BCUT2D eigenvalue weighted by atomic mass is 15.4. The van der Waals surface area contributed by atoms with E-state index in [1.54, 1.807) is 5.56 Å². The van der Waals surface area contributed by atoms with Crippen LogP contribution < -0.4 is 0 Å². The minimum Gasteiger partial charge on any atom is -0.212 e. The van der Waals surface area contributed by atoms with Gasteiger partial charge in [-0.05, 0) is 113 Å². The van der Waals surface area contributed by atoms with Gasteiger partial charge in [0, 0.05) is 11.0 Å². The molecule has 0 saturated heterocycles. The van der Waals surface area contributed by atoms with Crippen LogP contribution in [0.2, 0.25) is 0 Å². The molecule has 0 N–H and O–H groups in total. The quantitative estimate of drug-likeness (QED) is 0.0583. The second-order valence-corrected chi connectivity index (χ2v) is 18.6. The van der Waals surface area contributed by atoms with Gasteiger partial charge in [-0.25, -0.2) is 9.67 Å². The number of unbranched alkanes of at least 4 members (excludes halogenated alkanes) is 13. The summed E-state index contributed by atoms with van der Waals surface area (Å²) in [5, 5.41) is 5.21. The van der Waals surface area contributed by atoms with Gasteiger partial charge in [-0.15, -0.1) is 0 Å². The summed E-state index contributed by atoms with van der Waals surface area (Å²) in [5.74, 6) is 2.38. The van der Waals surface area contributed by atoms with Gasteiger partial charge in [0.05, 0.1) is 5.69 Å². The fourth-order valence-corrected chi connectivity index (χ4v) is 10.0. The van der Waals surface area contributed by atoms with E-state index in [9.17, 15) is 0 Å². The van der Waals surface area contributed by atoms with E-state index in [4.69, 9.17) is 10.1 Å². The van der Waals surface area contributed by atoms with E-state index < -0.39 is 0 Å². The van der Waals surface area contributed by atoms with Gasteiger partial charge >= 0.3 is 0 Å². The Bertz CT molecular complexity index is 2020. The predicted octanol–water partition coefficient (Wildman–Crippen LogP) is 17.0. The van der Waals surface area contributed by atoms with Gasteiger partial charge in [0.15, 0.2) is 5.82 Å². The van der Waals surface area contributed by atoms with Crippen molar-refractivity contribution < 1.29 is 0 Å². The van der Waals surface area contributed by atoms with Crippen molar-refractivity contribution in [1.29, 1.82) is 0 Å². The number of nitrogens with zero attached hydrogens (tertiary/aromatic N) is 3. The number of fused-ring (bicyclic) bond motifs is 3. The third kappa shape index (κ3) is 10.5. The van der Waals surface area contributed by atoms with Crippen molar-refractivity contribution in [2.45, 2.75) is 195 Å². The number of rotatable bonds is 24. The van der Waals surface area contributed by atoms with Crippen LogP contribution in [0.3, 0.4) is 0 Å². The highest BCUT2D eigenvalue weighted by Crippen LogP contribution is 2.55. The lowest BCUT2D eigenvalue weighted by Crippen LogP contribution is -2.25. The van der Waals surface area contributed by atoms with Gasteiger partial charge < -0.3 is 0 Å². The molecule has 0 saturated carbocycles. The molecule has 1 heterocycles. The molecule has 0 radical (unpaired) electrons. The minimum absolute atomic E-state index is 0.0717. The summed E-state index contributed by atoms with van der Waals surface area (Å²) < 4.78 is 2.20. The normalized spacial score (nSPS) is 13.1. The molecule has 1 aromatic heterocycles. The molecule has 0 aliphatic heterocycles. The molecule has 316 valence electrons. The molecule has 0 fully saturated rings. The standard InChI is InChI=1S/C56H77N3/c1-9-12-15-18-20-25-36-56(37-26-21-19-16-13-10-2)52-29-24-23-28-48(52)51-38-46(34-35-53(51)56)55-57-43(8)58-59(55)54-49(41(4)5)39-47(40-50(54)42(6)7)45-32-30-44(31-33-45)27-22-17-14-11-3/h23-24,28-35,38-42H,9-22,25-27,36-37H2,1-8H3. The van der Waals surface area contributed by atoms with Crippen molar-refractivity contribution >= 4 is 0 Å². The first-order valence-corrected chi connectivity index (χ1v) is 24.2. The molecule has 4 aromatic carbocycles. The minimum atomic E-state index is 0.0717. The fraction of sp³-hybridized carbons (Fsp3) is 0.536. The summed E-state index contributed by atoms with van der Waals surface area (Å²) in [7, 11) is 0. The Labute approximate surface area is 359 Å². The topological polar surface area (TPSA) is 30.7 Å². The molecule has 0 amide bonds. The van der Waals surface area contributed by atoms with E-state index in [-0.39, 0.29) is 5.41 Å². The molecule has 59 heavy (non-hydrogen) atoms. The second-order valence-electron chi connectivity index (χ2n) is 18.6. The Balaban J connectivity index is 1.39. The third-order valence-electron chi connectivity index (χ3n) is 13.4. The van der Waals surface area contributed by atoms with Crippen molar-refractivity contribution in [2.24, 2.45) is 0 Å². The van der Waals surface area contributed by atoms with Gasteiger partial charge in [0.1, 0.15) is 5.82 Å². The van der Waals surface area contributed by atoms with Crippen molar-refractivity contribution in [3.8, 4) is 39.3 Å². The zero-order chi connectivity index (χ0) is 41.8. The van der Waals surface area contributed by atoms with E-state index >= 15 is 0 Å². The van der Waals surface area contributed by atoms with Crippen LogP contribution >= 0.6 is 0 Å².